The van der Waals surface area contributed by atoms with Crippen LogP contribution in [0.5, 0.6) is 0 Å². The molecule has 1 aliphatic rings. The van der Waals surface area contributed by atoms with E-state index < -0.39 is 11.9 Å². The van der Waals surface area contributed by atoms with Crippen molar-refractivity contribution in [1.29, 1.82) is 0 Å². The average molecular weight is 387 g/mol. The van der Waals surface area contributed by atoms with Gasteiger partial charge in [-0.25, -0.2) is 14.4 Å². The van der Waals surface area contributed by atoms with E-state index in [4.69, 9.17) is 5.73 Å². The minimum Gasteiger partial charge on any atom is -0.370 e. The summed E-state index contributed by atoms with van der Waals surface area (Å²) in [5, 5.41) is 1.24. The highest BCUT2D eigenvalue weighted by atomic mass is 32.1. The Kier molecular flexibility index (Phi) is 5.30. The van der Waals surface area contributed by atoms with Gasteiger partial charge in [0.25, 0.3) is 0 Å². The molecule has 0 spiro atoms. The molecule has 0 atom stereocenters. The lowest BCUT2D eigenvalue weighted by molar-refractivity contribution is -0.140. The van der Waals surface area contributed by atoms with Crippen molar-refractivity contribution in [3.63, 3.8) is 0 Å². The van der Waals surface area contributed by atoms with Crippen LogP contribution in [0.15, 0.2) is 34.6 Å². The van der Waals surface area contributed by atoms with Crippen molar-refractivity contribution in [2.45, 2.75) is 12.7 Å². The minimum absolute atomic E-state index is 0.0186. The monoisotopic (exact) mass is 387 g/mol. The number of hydrogen-bond donors (Lipinski definition) is 1. The fourth-order valence-corrected chi connectivity index (χ4v) is 3.33. The standard InChI is InChI=1S/C16H17F4N5S/c17-11-1-3-12(4-2-11)24-5-7-25(8-6-24)15(21)22-9-14-23-13(10-26-14)16(18,19)20/h1-4,10H,5-9H2,(H2,21,22). The van der Waals surface area contributed by atoms with Crippen LogP contribution in [0.1, 0.15) is 10.7 Å². The maximum atomic E-state index is 13.0. The maximum absolute atomic E-state index is 13.0. The Morgan fingerprint density at radius 2 is 1.81 bits per heavy atom. The maximum Gasteiger partial charge on any atom is 0.434 e. The highest BCUT2D eigenvalue weighted by molar-refractivity contribution is 7.09. The number of rotatable bonds is 3. The van der Waals surface area contributed by atoms with Gasteiger partial charge in [-0.1, -0.05) is 0 Å². The Bertz CT molecular complexity index is 764. The molecule has 5 nitrogen and oxygen atoms in total. The van der Waals surface area contributed by atoms with Crippen LogP contribution < -0.4 is 10.6 Å². The van der Waals surface area contributed by atoms with Crippen LogP contribution in [0.2, 0.25) is 0 Å². The van der Waals surface area contributed by atoms with E-state index in [0.717, 1.165) is 22.4 Å². The molecule has 140 valence electrons. The summed E-state index contributed by atoms with van der Waals surface area (Å²) in [6, 6.07) is 6.29. The predicted octanol–water partition coefficient (Wildman–Crippen LogP) is 2.94. The molecule has 1 aliphatic heterocycles. The Hall–Kier alpha value is -2.36. The number of thiazole rings is 1. The highest BCUT2D eigenvalue weighted by Gasteiger charge is 2.33. The van der Waals surface area contributed by atoms with Gasteiger partial charge in [0.1, 0.15) is 10.8 Å². The molecule has 1 fully saturated rings. The second-order valence-corrected chi connectivity index (χ2v) is 6.69. The third-order valence-electron chi connectivity index (χ3n) is 4.01. The summed E-state index contributed by atoms with van der Waals surface area (Å²) in [5.74, 6) is 0.00662. The predicted molar refractivity (Wildman–Crippen MR) is 92.6 cm³/mol. The molecule has 2 heterocycles. The summed E-state index contributed by atoms with van der Waals surface area (Å²) in [6.45, 7) is 2.65. The van der Waals surface area contributed by atoms with Gasteiger partial charge >= 0.3 is 6.18 Å². The highest BCUT2D eigenvalue weighted by Crippen LogP contribution is 2.30. The molecule has 2 aromatic rings. The molecular weight excluding hydrogens is 370 g/mol. The number of anilines is 1. The zero-order valence-corrected chi connectivity index (χ0v) is 14.5. The van der Waals surface area contributed by atoms with Crippen molar-refractivity contribution in [1.82, 2.24) is 9.88 Å². The van der Waals surface area contributed by atoms with Crippen LogP contribution in [-0.4, -0.2) is 42.0 Å². The van der Waals surface area contributed by atoms with Gasteiger partial charge < -0.3 is 15.5 Å². The van der Waals surface area contributed by atoms with Crippen LogP contribution in [0, 0.1) is 5.82 Å². The van der Waals surface area contributed by atoms with E-state index in [1.807, 2.05) is 4.90 Å². The number of aromatic nitrogens is 1. The van der Waals surface area contributed by atoms with Crippen LogP contribution in [0.25, 0.3) is 0 Å². The van der Waals surface area contributed by atoms with E-state index in [1.165, 1.54) is 12.1 Å². The van der Waals surface area contributed by atoms with Crippen molar-refractivity contribution >= 4 is 23.0 Å². The van der Waals surface area contributed by atoms with Gasteiger partial charge in [-0.05, 0) is 24.3 Å². The first-order valence-electron chi connectivity index (χ1n) is 7.90. The van der Waals surface area contributed by atoms with Crippen LogP contribution >= 0.6 is 11.3 Å². The number of piperazine rings is 1. The Labute approximate surface area is 151 Å². The van der Waals surface area contributed by atoms with Gasteiger partial charge in [-0.2, -0.15) is 13.2 Å². The van der Waals surface area contributed by atoms with Crippen molar-refractivity contribution in [2.24, 2.45) is 10.7 Å². The van der Waals surface area contributed by atoms with E-state index in [0.29, 0.717) is 26.2 Å². The number of guanidine groups is 1. The number of halogens is 4. The molecule has 1 aromatic carbocycles. The molecule has 0 radical (unpaired) electrons. The number of nitrogens with zero attached hydrogens (tertiary/aromatic N) is 4. The molecule has 0 bridgehead atoms. The molecular formula is C16H17F4N5S. The molecule has 2 N–H and O–H groups in total. The molecule has 0 aliphatic carbocycles. The van der Waals surface area contributed by atoms with Gasteiger partial charge in [0.2, 0.25) is 0 Å². The SMILES string of the molecule is NC(=NCc1nc(C(F)(F)F)cs1)N1CCN(c2ccc(F)cc2)CC1. The Morgan fingerprint density at radius 3 is 2.38 bits per heavy atom. The normalized spacial score (nSPS) is 16.2. The van der Waals surface area contributed by atoms with Crippen molar-refractivity contribution in [3.05, 3.63) is 46.2 Å². The molecule has 1 saturated heterocycles. The Balaban J connectivity index is 1.54. The number of alkyl halides is 3. The number of benzene rings is 1. The van der Waals surface area contributed by atoms with Crippen molar-refractivity contribution < 1.29 is 17.6 Å². The van der Waals surface area contributed by atoms with E-state index in [2.05, 4.69) is 14.9 Å². The quantitative estimate of drug-likeness (QED) is 0.500. The zero-order chi connectivity index (χ0) is 18.7. The fraction of sp³-hybridized carbons (Fsp3) is 0.375. The molecule has 0 unspecified atom stereocenters. The third-order valence-corrected chi connectivity index (χ3v) is 4.85. The van der Waals surface area contributed by atoms with E-state index in [-0.39, 0.29) is 23.3 Å². The summed E-state index contributed by atoms with van der Waals surface area (Å²) in [7, 11) is 0. The summed E-state index contributed by atoms with van der Waals surface area (Å²) < 4.78 is 50.6. The first-order valence-corrected chi connectivity index (χ1v) is 8.78. The first-order chi connectivity index (χ1) is 12.3. The average Bonchev–Trinajstić information content (AvgIpc) is 3.10. The fourth-order valence-electron chi connectivity index (χ4n) is 2.61. The lowest BCUT2D eigenvalue weighted by Gasteiger charge is -2.36. The second-order valence-electron chi connectivity index (χ2n) is 5.75. The molecule has 1 aromatic heterocycles. The molecule has 26 heavy (non-hydrogen) atoms. The number of hydrogen-bond acceptors (Lipinski definition) is 4. The Morgan fingerprint density at radius 1 is 1.15 bits per heavy atom. The number of aliphatic imine (C=N–C) groups is 1. The molecule has 10 heteroatoms. The lowest BCUT2D eigenvalue weighted by Crippen LogP contribution is -2.51. The van der Waals surface area contributed by atoms with Gasteiger partial charge in [-0.15, -0.1) is 11.3 Å². The van der Waals surface area contributed by atoms with Gasteiger partial charge in [0.05, 0.1) is 6.54 Å². The zero-order valence-electron chi connectivity index (χ0n) is 13.7. The van der Waals surface area contributed by atoms with Crippen LogP contribution in [0.3, 0.4) is 0 Å². The summed E-state index contributed by atoms with van der Waals surface area (Å²) in [5.41, 5.74) is 5.99. The minimum atomic E-state index is -4.44. The molecule has 0 saturated carbocycles. The van der Waals surface area contributed by atoms with Gasteiger partial charge in [-0.3, -0.25) is 0 Å². The van der Waals surface area contributed by atoms with E-state index in [1.54, 1.807) is 12.1 Å². The molecule has 0 amide bonds. The topological polar surface area (TPSA) is 57.8 Å². The van der Waals surface area contributed by atoms with Crippen LogP contribution in [0.4, 0.5) is 23.2 Å². The van der Waals surface area contributed by atoms with Crippen molar-refractivity contribution in [3.8, 4) is 0 Å². The largest absolute Gasteiger partial charge is 0.434 e. The van der Waals surface area contributed by atoms with Gasteiger partial charge in [0, 0.05) is 37.2 Å². The smallest absolute Gasteiger partial charge is 0.370 e. The summed E-state index contributed by atoms with van der Waals surface area (Å²) in [6.07, 6.45) is -4.44. The summed E-state index contributed by atoms with van der Waals surface area (Å²) in [4.78, 5) is 11.7. The molecule has 3 rings (SSSR count). The van der Waals surface area contributed by atoms with Crippen molar-refractivity contribution in [2.75, 3.05) is 31.1 Å². The first kappa shape index (κ1) is 18.4. The van der Waals surface area contributed by atoms with E-state index in [9.17, 15) is 17.6 Å². The number of nitrogens with two attached hydrogens (primary N) is 1. The summed E-state index contributed by atoms with van der Waals surface area (Å²) >= 11 is 0.913. The van der Waals surface area contributed by atoms with Gasteiger partial charge in [0.15, 0.2) is 11.7 Å². The lowest BCUT2D eigenvalue weighted by atomic mass is 10.2. The van der Waals surface area contributed by atoms with E-state index >= 15 is 0 Å². The van der Waals surface area contributed by atoms with Crippen LogP contribution in [-0.2, 0) is 12.7 Å². The second kappa shape index (κ2) is 7.48. The third kappa shape index (κ3) is 4.43.